The second-order valence-electron chi connectivity index (χ2n) is 8.74. The zero-order valence-corrected chi connectivity index (χ0v) is 18.2. The molecule has 0 saturated heterocycles. The first kappa shape index (κ1) is 19.8. The molecule has 1 aromatic carbocycles. The van der Waals surface area contributed by atoms with E-state index >= 15 is 0 Å². The number of benzene rings is 1. The molecule has 31 heavy (non-hydrogen) atoms. The first-order valence-corrected chi connectivity index (χ1v) is 11.0. The van der Waals surface area contributed by atoms with Gasteiger partial charge in [0, 0.05) is 38.7 Å². The van der Waals surface area contributed by atoms with Gasteiger partial charge in [-0.05, 0) is 61.1 Å². The van der Waals surface area contributed by atoms with E-state index in [0.717, 1.165) is 54.9 Å². The predicted octanol–water partition coefficient (Wildman–Crippen LogP) is 3.74. The number of hydrazine groups is 1. The zero-order valence-electron chi connectivity index (χ0n) is 18.2. The van der Waals surface area contributed by atoms with Gasteiger partial charge in [0.15, 0.2) is 5.65 Å². The van der Waals surface area contributed by atoms with Crippen molar-refractivity contribution < 1.29 is 0 Å². The highest BCUT2D eigenvalue weighted by atomic mass is 15.5. The number of rotatable bonds is 5. The summed E-state index contributed by atoms with van der Waals surface area (Å²) in [7, 11) is 3.86. The molecule has 2 aromatic heterocycles. The number of fused-ring (bicyclic) bond motifs is 2. The van der Waals surface area contributed by atoms with E-state index in [1.165, 1.54) is 17.5 Å². The molecule has 0 atom stereocenters. The third kappa shape index (κ3) is 3.49. The molecular formula is C24H29N7. The van der Waals surface area contributed by atoms with Gasteiger partial charge >= 0.3 is 0 Å². The van der Waals surface area contributed by atoms with Gasteiger partial charge in [0.05, 0.1) is 10.9 Å². The summed E-state index contributed by atoms with van der Waals surface area (Å²) in [4.78, 5) is 14.9. The summed E-state index contributed by atoms with van der Waals surface area (Å²) >= 11 is 0. The van der Waals surface area contributed by atoms with Crippen molar-refractivity contribution in [3.8, 4) is 0 Å². The summed E-state index contributed by atoms with van der Waals surface area (Å²) in [5.74, 6) is 1.54. The van der Waals surface area contributed by atoms with Crippen molar-refractivity contribution in [1.82, 2.24) is 25.4 Å². The lowest BCUT2D eigenvalue weighted by molar-refractivity contribution is 0.287. The smallest absolute Gasteiger partial charge is 0.177 e. The Kier molecular flexibility index (Phi) is 4.98. The average Bonchev–Trinajstić information content (AvgIpc) is 3.16. The number of aryl methyl sites for hydroxylation is 1. The maximum absolute atomic E-state index is 8.54. The molecule has 1 saturated carbocycles. The first-order valence-electron chi connectivity index (χ1n) is 11.0. The van der Waals surface area contributed by atoms with Crippen LogP contribution in [0.3, 0.4) is 0 Å². The summed E-state index contributed by atoms with van der Waals surface area (Å²) in [6, 6.07) is 10.8. The van der Waals surface area contributed by atoms with E-state index in [1.54, 1.807) is 6.20 Å². The molecule has 0 unspecified atom stereocenters. The molecule has 1 aliphatic carbocycles. The number of amidine groups is 1. The van der Waals surface area contributed by atoms with E-state index in [0.29, 0.717) is 5.84 Å². The van der Waals surface area contributed by atoms with E-state index in [9.17, 15) is 0 Å². The number of H-pyrrole nitrogens is 1. The Morgan fingerprint density at radius 1 is 1.26 bits per heavy atom. The molecule has 0 spiro atoms. The molecule has 7 heteroatoms. The molecule has 1 fully saturated rings. The molecular weight excluding hydrogens is 386 g/mol. The Morgan fingerprint density at radius 3 is 2.87 bits per heavy atom. The van der Waals surface area contributed by atoms with Crippen molar-refractivity contribution in [2.24, 2.45) is 0 Å². The Labute approximate surface area is 182 Å². The van der Waals surface area contributed by atoms with E-state index in [2.05, 4.69) is 38.5 Å². The Bertz CT molecular complexity index is 1110. The Balaban J connectivity index is 1.46. The molecule has 3 aromatic rings. The molecule has 0 bridgehead atoms. The van der Waals surface area contributed by atoms with Crippen molar-refractivity contribution >= 4 is 22.7 Å². The highest BCUT2D eigenvalue weighted by molar-refractivity contribution is 6.04. The molecule has 0 radical (unpaired) electrons. The van der Waals surface area contributed by atoms with E-state index in [1.807, 2.05) is 43.5 Å². The molecule has 3 heterocycles. The number of hydrogen-bond donors (Lipinski definition) is 3. The van der Waals surface area contributed by atoms with Crippen molar-refractivity contribution in [3.63, 3.8) is 0 Å². The maximum Gasteiger partial charge on any atom is 0.177 e. The molecule has 3 N–H and O–H groups in total. The van der Waals surface area contributed by atoms with Crippen molar-refractivity contribution in [3.05, 3.63) is 65.8 Å². The van der Waals surface area contributed by atoms with Crippen LogP contribution in [-0.4, -0.2) is 46.4 Å². The third-order valence-corrected chi connectivity index (χ3v) is 6.53. The van der Waals surface area contributed by atoms with Crippen LogP contribution >= 0.6 is 0 Å². The monoisotopic (exact) mass is 415 g/mol. The van der Waals surface area contributed by atoms with Crippen LogP contribution < -0.4 is 10.3 Å². The summed E-state index contributed by atoms with van der Waals surface area (Å²) < 4.78 is 0. The van der Waals surface area contributed by atoms with E-state index in [4.69, 9.17) is 10.4 Å². The topological polar surface area (TPSA) is 83.9 Å². The minimum atomic E-state index is -0.0545. The summed E-state index contributed by atoms with van der Waals surface area (Å²) in [5, 5.41) is 10.4. The van der Waals surface area contributed by atoms with Crippen LogP contribution in [-0.2, 0) is 11.8 Å². The zero-order chi connectivity index (χ0) is 21.4. The molecule has 0 amide bonds. The van der Waals surface area contributed by atoms with Gasteiger partial charge in [0.2, 0.25) is 0 Å². The average molecular weight is 416 g/mol. The van der Waals surface area contributed by atoms with Crippen LogP contribution in [0.2, 0.25) is 0 Å². The van der Waals surface area contributed by atoms with Crippen molar-refractivity contribution in [1.29, 1.82) is 5.41 Å². The van der Waals surface area contributed by atoms with Crippen LogP contribution in [0.4, 0.5) is 5.69 Å². The fourth-order valence-corrected chi connectivity index (χ4v) is 4.76. The summed E-state index contributed by atoms with van der Waals surface area (Å²) in [6.45, 7) is 0.873. The van der Waals surface area contributed by atoms with Gasteiger partial charge in [0.25, 0.3) is 0 Å². The van der Waals surface area contributed by atoms with Gasteiger partial charge < -0.3 is 15.3 Å². The Morgan fingerprint density at radius 2 is 2.13 bits per heavy atom. The molecule has 5 rings (SSSR count). The molecule has 7 nitrogen and oxygen atoms in total. The number of hydrogen-bond acceptors (Lipinski definition) is 5. The number of nitrogens with zero attached hydrogens (tertiary/aromatic N) is 4. The van der Waals surface area contributed by atoms with Gasteiger partial charge in [-0.2, -0.15) is 0 Å². The molecule has 1 aliphatic heterocycles. The standard InChI is InChI=1S/C24H29N7/c1-30(2)27-14-10-21(25)31-15-4-6-17-16-18(8-9-20(17)31)24(11-5-12-24)23-28-19-7-3-13-26-22(19)29-23/h3,7-10,13-14,16,25,27H,4-6,11-12,15H2,1-2H3,(H,26,28,29)/b14-10+,25-21?. The minimum absolute atomic E-state index is 0.0545. The lowest BCUT2D eigenvalue weighted by Crippen LogP contribution is -2.38. The normalized spacial score (nSPS) is 17.7. The van der Waals surface area contributed by atoms with Gasteiger partial charge in [-0.25, -0.2) is 15.0 Å². The van der Waals surface area contributed by atoms with Gasteiger partial charge in [-0.3, -0.25) is 5.41 Å². The second kappa shape index (κ2) is 7.81. The lowest BCUT2D eigenvalue weighted by atomic mass is 9.63. The fraction of sp³-hybridized carbons (Fsp3) is 0.375. The Hall–Kier alpha value is -3.19. The third-order valence-electron chi connectivity index (χ3n) is 6.53. The number of imidazole rings is 1. The van der Waals surface area contributed by atoms with Gasteiger partial charge in [-0.1, -0.05) is 18.6 Å². The second-order valence-corrected chi connectivity index (χ2v) is 8.74. The van der Waals surface area contributed by atoms with Crippen LogP contribution in [0.1, 0.15) is 42.6 Å². The van der Waals surface area contributed by atoms with Crippen LogP contribution in [0.5, 0.6) is 0 Å². The largest absolute Gasteiger partial charge is 0.340 e. The van der Waals surface area contributed by atoms with E-state index in [-0.39, 0.29) is 5.41 Å². The number of nitrogens with one attached hydrogen (secondary N) is 3. The minimum Gasteiger partial charge on any atom is -0.340 e. The predicted molar refractivity (Wildman–Crippen MR) is 124 cm³/mol. The highest BCUT2D eigenvalue weighted by Crippen LogP contribution is 2.49. The van der Waals surface area contributed by atoms with Crippen LogP contribution in [0, 0.1) is 5.41 Å². The van der Waals surface area contributed by atoms with Gasteiger partial charge in [-0.15, -0.1) is 0 Å². The molecule has 2 aliphatic rings. The first-order chi connectivity index (χ1) is 15.1. The fourth-order valence-electron chi connectivity index (χ4n) is 4.76. The summed E-state index contributed by atoms with van der Waals surface area (Å²) in [6.07, 6.45) is 10.9. The number of pyridine rings is 1. The maximum atomic E-state index is 8.54. The van der Waals surface area contributed by atoms with Crippen LogP contribution in [0.25, 0.3) is 11.2 Å². The highest BCUT2D eigenvalue weighted by Gasteiger charge is 2.43. The number of aromatic amines is 1. The SMILES string of the molecule is CN(C)N/C=C/C(=N)N1CCCc2cc(C3(c4nc5ncccc5[nH]4)CCC3)ccc21. The quantitative estimate of drug-likeness (QED) is 0.336. The van der Waals surface area contributed by atoms with Crippen molar-refractivity contribution in [2.45, 2.75) is 37.5 Å². The van der Waals surface area contributed by atoms with Gasteiger partial charge in [0.1, 0.15) is 11.7 Å². The number of aromatic nitrogens is 3. The molecule has 160 valence electrons. The summed E-state index contributed by atoms with van der Waals surface area (Å²) in [5.41, 5.74) is 8.62. The van der Waals surface area contributed by atoms with Crippen LogP contribution in [0.15, 0.2) is 48.8 Å². The van der Waals surface area contributed by atoms with Crippen molar-refractivity contribution in [2.75, 3.05) is 25.5 Å². The number of anilines is 1. The van der Waals surface area contributed by atoms with E-state index < -0.39 is 0 Å². The lowest BCUT2D eigenvalue weighted by Gasteiger charge is -2.41.